The van der Waals surface area contributed by atoms with Crippen molar-refractivity contribution in [1.82, 2.24) is 14.8 Å². The Bertz CT molecular complexity index is 476. The lowest BCUT2D eigenvalue weighted by atomic mass is 10.1. The van der Waals surface area contributed by atoms with E-state index in [-0.39, 0.29) is 5.78 Å². The number of rotatable bonds is 4. The van der Waals surface area contributed by atoms with Crippen molar-refractivity contribution in [2.45, 2.75) is 19.8 Å². The Balaban J connectivity index is 2.23. The summed E-state index contributed by atoms with van der Waals surface area (Å²) in [6.07, 6.45) is 8.19. The molecule has 0 bridgehead atoms. The number of hydrogen-bond donors (Lipinski definition) is 0. The van der Waals surface area contributed by atoms with Crippen LogP contribution in [0.5, 0.6) is 0 Å². The zero-order valence-electron chi connectivity index (χ0n) is 9.13. The quantitative estimate of drug-likeness (QED) is 0.735. The van der Waals surface area contributed by atoms with E-state index in [0.29, 0.717) is 12.0 Å². The fourth-order valence-electron chi connectivity index (χ4n) is 1.47. The summed E-state index contributed by atoms with van der Waals surface area (Å²) in [6, 6.07) is 3.73. The van der Waals surface area contributed by atoms with Gasteiger partial charge < -0.3 is 0 Å². The number of carbonyl (C=O) groups is 1. The maximum Gasteiger partial charge on any atom is 0.166 e. The smallest absolute Gasteiger partial charge is 0.166 e. The molecular weight excluding hydrogens is 202 g/mol. The van der Waals surface area contributed by atoms with Gasteiger partial charge in [0.2, 0.25) is 0 Å². The Kier molecular flexibility index (Phi) is 3.10. The maximum absolute atomic E-state index is 11.6. The van der Waals surface area contributed by atoms with Gasteiger partial charge in [-0.05, 0) is 18.6 Å². The molecule has 2 heterocycles. The molecule has 0 saturated carbocycles. The highest BCUT2D eigenvalue weighted by Gasteiger charge is 2.07. The molecular formula is C12H13N3O. The van der Waals surface area contributed by atoms with Crippen LogP contribution in [0.2, 0.25) is 0 Å². The molecule has 0 saturated heterocycles. The Morgan fingerprint density at radius 1 is 1.44 bits per heavy atom. The molecule has 0 fully saturated rings. The van der Waals surface area contributed by atoms with Crippen LogP contribution in [-0.2, 0) is 0 Å². The second-order valence-corrected chi connectivity index (χ2v) is 3.56. The lowest BCUT2D eigenvalue weighted by molar-refractivity contribution is 0.0982. The molecule has 4 heteroatoms. The van der Waals surface area contributed by atoms with Crippen molar-refractivity contribution in [2.24, 2.45) is 0 Å². The van der Waals surface area contributed by atoms with Gasteiger partial charge in [-0.15, -0.1) is 0 Å². The van der Waals surface area contributed by atoms with Gasteiger partial charge in [-0.3, -0.25) is 9.78 Å². The molecule has 0 aromatic carbocycles. The van der Waals surface area contributed by atoms with Crippen LogP contribution >= 0.6 is 0 Å². The average molecular weight is 215 g/mol. The Morgan fingerprint density at radius 2 is 2.31 bits per heavy atom. The van der Waals surface area contributed by atoms with E-state index in [0.717, 1.165) is 12.1 Å². The van der Waals surface area contributed by atoms with Crippen molar-refractivity contribution in [3.8, 4) is 5.69 Å². The number of aromatic nitrogens is 3. The van der Waals surface area contributed by atoms with Crippen LogP contribution < -0.4 is 0 Å². The van der Waals surface area contributed by atoms with Crippen LogP contribution in [0.3, 0.4) is 0 Å². The molecule has 2 aromatic rings. The molecule has 4 nitrogen and oxygen atoms in total. The fraction of sp³-hybridized carbons (Fsp3) is 0.250. The highest BCUT2D eigenvalue weighted by molar-refractivity contribution is 5.95. The minimum Gasteiger partial charge on any atom is -0.294 e. The molecule has 0 radical (unpaired) electrons. The lowest BCUT2D eigenvalue weighted by Crippen LogP contribution is -1.97. The van der Waals surface area contributed by atoms with Crippen LogP contribution in [0, 0.1) is 0 Å². The first-order valence-corrected chi connectivity index (χ1v) is 5.29. The van der Waals surface area contributed by atoms with E-state index in [1.165, 1.54) is 0 Å². The van der Waals surface area contributed by atoms with Crippen molar-refractivity contribution in [2.75, 3.05) is 0 Å². The van der Waals surface area contributed by atoms with Gasteiger partial charge in [0, 0.05) is 18.8 Å². The standard InChI is InChI=1S/C12H13N3O/c1-2-4-12(16)10-7-14-15(9-10)11-5-3-6-13-8-11/h3,5-9H,2,4H2,1H3. The van der Waals surface area contributed by atoms with Crippen molar-refractivity contribution >= 4 is 5.78 Å². The third-order valence-electron chi connectivity index (χ3n) is 2.29. The molecule has 16 heavy (non-hydrogen) atoms. The van der Waals surface area contributed by atoms with Crippen molar-refractivity contribution in [3.63, 3.8) is 0 Å². The molecule has 0 aliphatic carbocycles. The van der Waals surface area contributed by atoms with Crippen LogP contribution in [-0.4, -0.2) is 20.5 Å². The zero-order valence-corrected chi connectivity index (χ0v) is 9.13. The molecule has 0 amide bonds. The predicted octanol–water partition coefficient (Wildman–Crippen LogP) is 2.25. The summed E-state index contributed by atoms with van der Waals surface area (Å²) in [4.78, 5) is 15.6. The third kappa shape index (κ3) is 2.16. The topological polar surface area (TPSA) is 47.8 Å². The highest BCUT2D eigenvalue weighted by Crippen LogP contribution is 2.08. The summed E-state index contributed by atoms with van der Waals surface area (Å²) in [5, 5.41) is 4.15. The second-order valence-electron chi connectivity index (χ2n) is 3.56. The first kappa shape index (κ1) is 10.5. The third-order valence-corrected chi connectivity index (χ3v) is 2.29. The summed E-state index contributed by atoms with van der Waals surface area (Å²) in [6.45, 7) is 1.99. The van der Waals surface area contributed by atoms with E-state index in [1.54, 1.807) is 29.5 Å². The average Bonchev–Trinajstić information content (AvgIpc) is 2.80. The van der Waals surface area contributed by atoms with Gasteiger partial charge in [-0.1, -0.05) is 6.92 Å². The monoisotopic (exact) mass is 215 g/mol. The zero-order chi connectivity index (χ0) is 11.4. The number of carbonyl (C=O) groups excluding carboxylic acids is 1. The molecule has 2 aromatic heterocycles. The first-order chi connectivity index (χ1) is 7.81. The van der Waals surface area contributed by atoms with Crippen LogP contribution in [0.25, 0.3) is 5.69 Å². The second kappa shape index (κ2) is 4.70. The number of pyridine rings is 1. The molecule has 0 aliphatic heterocycles. The Labute approximate surface area is 93.9 Å². The Hall–Kier alpha value is -1.97. The lowest BCUT2D eigenvalue weighted by Gasteiger charge is -1.98. The van der Waals surface area contributed by atoms with E-state index < -0.39 is 0 Å². The van der Waals surface area contributed by atoms with Gasteiger partial charge in [-0.25, -0.2) is 4.68 Å². The highest BCUT2D eigenvalue weighted by atomic mass is 16.1. The number of nitrogens with zero attached hydrogens (tertiary/aromatic N) is 3. The number of Topliss-reactive ketones (excluding diaryl/α,β-unsaturated/α-hetero) is 1. The molecule has 0 N–H and O–H groups in total. The summed E-state index contributed by atoms with van der Waals surface area (Å²) < 4.78 is 1.66. The van der Waals surface area contributed by atoms with Gasteiger partial charge in [0.1, 0.15) is 0 Å². The summed E-state index contributed by atoms with van der Waals surface area (Å²) in [7, 11) is 0. The summed E-state index contributed by atoms with van der Waals surface area (Å²) >= 11 is 0. The molecule has 2 rings (SSSR count). The van der Waals surface area contributed by atoms with Crippen molar-refractivity contribution in [3.05, 3.63) is 42.5 Å². The van der Waals surface area contributed by atoms with E-state index in [2.05, 4.69) is 10.1 Å². The van der Waals surface area contributed by atoms with E-state index in [4.69, 9.17) is 0 Å². The van der Waals surface area contributed by atoms with Crippen LogP contribution in [0.1, 0.15) is 30.1 Å². The summed E-state index contributed by atoms with van der Waals surface area (Å²) in [5.74, 6) is 0.137. The van der Waals surface area contributed by atoms with Crippen LogP contribution in [0.4, 0.5) is 0 Å². The molecule has 82 valence electrons. The molecule has 0 aliphatic rings. The molecule has 0 spiro atoms. The molecule has 0 unspecified atom stereocenters. The van der Waals surface area contributed by atoms with Gasteiger partial charge in [-0.2, -0.15) is 5.10 Å². The van der Waals surface area contributed by atoms with Crippen molar-refractivity contribution in [1.29, 1.82) is 0 Å². The molecule has 0 atom stereocenters. The van der Waals surface area contributed by atoms with E-state index >= 15 is 0 Å². The maximum atomic E-state index is 11.6. The minimum absolute atomic E-state index is 0.137. The van der Waals surface area contributed by atoms with Gasteiger partial charge in [0.05, 0.1) is 23.6 Å². The minimum atomic E-state index is 0.137. The first-order valence-electron chi connectivity index (χ1n) is 5.29. The fourth-order valence-corrected chi connectivity index (χ4v) is 1.47. The predicted molar refractivity (Wildman–Crippen MR) is 60.6 cm³/mol. The van der Waals surface area contributed by atoms with Crippen LogP contribution in [0.15, 0.2) is 36.9 Å². The van der Waals surface area contributed by atoms with E-state index in [1.807, 2.05) is 19.1 Å². The summed E-state index contributed by atoms with van der Waals surface area (Å²) in [5.41, 5.74) is 1.52. The van der Waals surface area contributed by atoms with Gasteiger partial charge in [0.25, 0.3) is 0 Å². The SMILES string of the molecule is CCCC(=O)c1cnn(-c2cccnc2)c1. The Morgan fingerprint density at radius 3 is 3.00 bits per heavy atom. The van der Waals surface area contributed by atoms with E-state index in [9.17, 15) is 4.79 Å². The van der Waals surface area contributed by atoms with Gasteiger partial charge in [0.15, 0.2) is 5.78 Å². The normalized spacial score (nSPS) is 10.3. The van der Waals surface area contributed by atoms with Crippen molar-refractivity contribution < 1.29 is 4.79 Å². The number of hydrogen-bond acceptors (Lipinski definition) is 3. The number of ketones is 1. The largest absolute Gasteiger partial charge is 0.294 e. The van der Waals surface area contributed by atoms with Gasteiger partial charge >= 0.3 is 0 Å².